The molecule has 1 heterocycles. The van der Waals surface area contributed by atoms with Gasteiger partial charge in [-0.15, -0.1) is 0 Å². The number of rotatable bonds is 5. The van der Waals surface area contributed by atoms with Gasteiger partial charge in [-0.2, -0.15) is 0 Å². The monoisotopic (exact) mass is 449 g/mol. The van der Waals surface area contributed by atoms with Gasteiger partial charge in [-0.3, -0.25) is 14.4 Å². The first-order chi connectivity index (χ1) is 12.9. The van der Waals surface area contributed by atoms with Crippen molar-refractivity contribution in [2.24, 2.45) is 5.92 Å². The molecule has 0 N–H and O–H groups in total. The molecule has 0 spiro atoms. The maximum Gasteiger partial charge on any atom is 0.311 e. The first-order valence-corrected chi connectivity index (χ1v) is 9.55. The number of Topliss-reactive ketones (excluding diaryl/α,β-unsaturated/α-hetero) is 1. The lowest BCUT2D eigenvalue weighted by Crippen LogP contribution is -2.27. The van der Waals surface area contributed by atoms with Crippen molar-refractivity contribution in [3.63, 3.8) is 0 Å². The van der Waals surface area contributed by atoms with Crippen molar-refractivity contribution < 1.29 is 19.1 Å². The molecular weight excluding hydrogens is 434 g/mol. The van der Waals surface area contributed by atoms with Crippen molar-refractivity contribution >= 4 is 50.9 Å². The Bertz CT molecular complexity index is 897. The number of benzene rings is 2. The summed E-state index contributed by atoms with van der Waals surface area (Å²) in [6.07, 6.45) is 0.0528. The normalized spacial score (nSPS) is 16.5. The molecule has 0 unspecified atom stereocenters. The van der Waals surface area contributed by atoms with Gasteiger partial charge in [0.15, 0.2) is 12.4 Å². The average Bonchev–Trinajstić information content (AvgIpc) is 3.04. The van der Waals surface area contributed by atoms with E-state index >= 15 is 0 Å². The smallest absolute Gasteiger partial charge is 0.311 e. The Hall–Kier alpha value is -2.18. The molecule has 1 aliphatic heterocycles. The van der Waals surface area contributed by atoms with Crippen LogP contribution in [0.3, 0.4) is 0 Å². The molecule has 27 heavy (non-hydrogen) atoms. The standard InChI is InChI=1S/C20H17BrClNO4/c1-12-16(22)3-2-4-17(12)23-10-14(9-19(23)25)20(26)27-11-18(24)13-5-7-15(21)8-6-13/h2-8,14H,9-11H2,1H3/t14-/m1/s1. The number of esters is 1. The topological polar surface area (TPSA) is 63.7 Å². The second-order valence-corrected chi connectivity index (χ2v) is 7.65. The predicted octanol–water partition coefficient (Wildman–Crippen LogP) is 4.19. The summed E-state index contributed by atoms with van der Waals surface area (Å²) in [5.41, 5.74) is 1.94. The molecular formula is C20H17BrClNO4. The molecule has 5 nitrogen and oxygen atoms in total. The zero-order valence-corrected chi connectivity index (χ0v) is 16.9. The Morgan fingerprint density at radius 1 is 1.22 bits per heavy atom. The van der Waals surface area contributed by atoms with Crippen LogP contribution >= 0.6 is 27.5 Å². The van der Waals surface area contributed by atoms with Gasteiger partial charge in [-0.1, -0.05) is 45.7 Å². The fraction of sp³-hybridized carbons (Fsp3) is 0.250. The lowest BCUT2D eigenvalue weighted by atomic mass is 10.1. The molecule has 0 saturated carbocycles. The second kappa shape index (κ2) is 8.23. The molecule has 0 aliphatic carbocycles. The van der Waals surface area contributed by atoms with E-state index in [1.807, 2.05) is 6.92 Å². The summed E-state index contributed by atoms with van der Waals surface area (Å²) in [5.74, 6) is -1.60. The number of hydrogen-bond acceptors (Lipinski definition) is 4. The first-order valence-electron chi connectivity index (χ1n) is 8.37. The molecule has 1 amide bonds. The van der Waals surface area contributed by atoms with Crippen LogP contribution in [-0.2, 0) is 14.3 Å². The fourth-order valence-electron chi connectivity index (χ4n) is 2.96. The number of ether oxygens (including phenoxy) is 1. The minimum Gasteiger partial charge on any atom is -0.457 e. The zero-order chi connectivity index (χ0) is 19.6. The van der Waals surface area contributed by atoms with E-state index in [2.05, 4.69) is 15.9 Å². The highest BCUT2D eigenvalue weighted by Gasteiger charge is 2.37. The molecule has 7 heteroatoms. The van der Waals surface area contributed by atoms with Crippen LogP contribution in [0.5, 0.6) is 0 Å². The summed E-state index contributed by atoms with van der Waals surface area (Å²) in [5, 5.41) is 0.562. The van der Waals surface area contributed by atoms with Crippen LogP contribution in [0.2, 0.25) is 5.02 Å². The Balaban J connectivity index is 1.61. The Morgan fingerprint density at radius 3 is 2.63 bits per heavy atom. The zero-order valence-electron chi connectivity index (χ0n) is 14.6. The lowest BCUT2D eigenvalue weighted by molar-refractivity contribution is -0.147. The van der Waals surface area contributed by atoms with E-state index in [1.54, 1.807) is 47.4 Å². The number of ketones is 1. The molecule has 1 saturated heterocycles. The average molecular weight is 451 g/mol. The summed E-state index contributed by atoms with van der Waals surface area (Å²) in [4.78, 5) is 38.3. The SMILES string of the molecule is Cc1c(Cl)cccc1N1C[C@H](C(=O)OCC(=O)c2ccc(Br)cc2)CC1=O. The molecule has 0 radical (unpaired) electrons. The molecule has 0 aromatic heterocycles. The highest BCUT2D eigenvalue weighted by molar-refractivity contribution is 9.10. The Kier molecular flexibility index (Phi) is 5.97. The van der Waals surface area contributed by atoms with Gasteiger partial charge in [0.05, 0.1) is 5.92 Å². The minimum atomic E-state index is -0.603. The molecule has 0 bridgehead atoms. The van der Waals surface area contributed by atoms with E-state index < -0.39 is 11.9 Å². The van der Waals surface area contributed by atoms with Crippen molar-refractivity contribution in [2.75, 3.05) is 18.1 Å². The van der Waals surface area contributed by atoms with Gasteiger partial charge >= 0.3 is 5.97 Å². The quantitative estimate of drug-likeness (QED) is 0.506. The van der Waals surface area contributed by atoms with Crippen molar-refractivity contribution in [1.29, 1.82) is 0 Å². The maximum absolute atomic E-state index is 12.3. The summed E-state index contributed by atoms with van der Waals surface area (Å²) >= 11 is 9.42. The number of carbonyl (C=O) groups is 3. The maximum atomic E-state index is 12.3. The van der Waals surface area contributed by atoms with E-state index in [-0.39, 0.29) is 31.3 Å². The van der Waals surface area contributed by atoms with E-state index in [9.17, 15) is 14.4 Å². The summed E-state index contributed by atoms with van der Waals surface area (Å²) < 4.78 is 6.01. The molecule has 1 atom stereocenters. The lowest BCUT2D eigenvalue weighted by Gasteiger charge is -2.19. The highest BCUT2D eigenvalue weighted by atomic mass is 79.9. The van der Waals surface area contributed by atoms with Gasteiger partial charge in [-0.05, 0) is 36.8 Å². The van der Waals surface area contributed by atoms with Gasteiger partial charge in [-0.25, -0.2) is 0 Å². The summed E-state index contributed by atoms with van der Waals surface area (Å²) in [7, 11) is 0. The molecule has 1 aliphatic rings. The predicted molar refractivity (Wildman–Crippen MR) is 106 cm³/mol. The first kappa shape index (κ1) is 19.6. The molecule has 3 rings (SSSR count). The van der Waals surface area contributed by atoms with Gasteiger partial charge in [0.25, 0.3) is 0 Å². The van der Waals surface area contributed by atoms with Gasteiger partial charge in [0, 0.05) is 33.7 Å². The fourth-order valence-corrected chi connectivity index (χ4v) is 3.39. The number of hydrogen-bond donors (Lipinski definition) is 0. The number of halogens is 2. The Labute approximate surface area is 170 Å². The summed E-state index contributed by atoms with van der Waals surface area (Å²) in [6.45, 7) is 1.69. The summed E-state index contributed by atoms with van der Waals surface area (Å²) in [6, 6.07) is 12.1. The van der Waals surface area contributed by atoms with Crippen LogP contribution in [0.4, 0.5) is 5.69 Å². The van der Waals surface area contributed by atoms with Crippen LogP contribution < -0.4 is 4.90 Å². The number of amides is 1. The van der Waals surface area contributed by atoms with Gasteiger partial charge in [0.1, 0.15) is 0 Å². The highest BCUT2D eigenvalue weighted by Crippen LogP contribution is 2.31. The van der Waals surface area contributed by atoms with E-state index in [4.69, 9.17) is 16.3 Å². The van der Waals surface area contributed by atoms with Crippen LogP contribution in [0.25, 0.3) is 0 Å². The number of nitrogens with zero attached hydrogens (tertiary/aromatic N) is 1. The number of anilines is 1. The third kappa shape index (κ3) is 4.39. The van der Waals surface area contributed by atoms with Crippen LogP contribution in [0.1, 0.15) is 22.3 Å². The minimum absolute atomic E-state index is 0.0528. The van der Waals surface area contributed by atoms with Gasteiger partial charge < -0.3 is 9.64 Å². The second-order valence-electron chi connectivity index (χ2n) is 6.33. The molecule has 1 fully saturated rings. The number of carbonyl (C=O) groups excluding carboxylic acids is 3. The van der Waals surface area contributed by atoms with Crippen LogP contribution in [0, 0.1) is 12.8 Å². The molecule has 2 aromatic rings. The third-order valence-electron chi connectivity index (χ3n) is 4.50. The molecule has 2 aromatic carbocycles. The Morgan fingerprint density at radius 2 is 1.93 bits per heavy atom. The van der Waals surface area contributed by atoms with Crippen molar-refractivity contribution in [1.82, 2.24) is 0 Å². The van der Waals surface area contributed by atoms with E-state index in [0.717, 1.165) is 10.0 Å². The van der Waals surface area contributed by atoms with Crippen molar-refractivity contribution in [2.45, 2.75) is 13.3 Å². The third-order valence-corrected chi connectivity index (χ3v) is 5.44. The van der Waals surface area contributed by atoms with E-state index in [1.165, 1.54) is 0 Å². The van der Waals surface area contributed by atoms with Crippen molar-refractivity contribution in [3.05, 3.63) is 63.1 Å². The van der Waals surface area contributed by atoms with Crippen LogP contribution in [0.15, 0.2) is 46.9 Å². The largest absolute Gasteiger partial charge is 0.457 e. The van der Waals surface area contributed by atoms with Crippen molar-refractivity contribution in [3.8, 4) is 0 Å². The van der Waals surface area contributed by atoms with Crippen LogP contribution in [-0.4, -0.2) is 30.8 Å². The molecule has 140 valence electrons. The van der Waals surface area contributed by atoms with Gasteiger partial charge in [0.2, 0.25) is 5.91 Å². The van der Waals surface area contributed by atoms with E-state index in [0.29, 0.717) is 16.3 Å².